The molecule has 4 nitrogen and oxygen atoms in total. The largest absolute Gasteiger partial charge is 0.319 e. The molecule has 0 bridgehead atoms. The molecule has 1 aliphatic heterocycles. The molecule has 120 valence electrons. The van der Waals surface area contributed by atoms with E-state index in [1.807, 2.05) is 7.05 Å². The van der Waals surface area contributed by atoms with Gasteiger partial charge in [-0.3, -0.25) is 0 Å². The first kappa shape index (κ1) is 18.7. The van der Waals surface area contributed by atoms with Crippen LogP contribution in [-0.2, 0) is 10.0 Å². The van der Waals surface area contributed by atoms with Crippen LogP contribution in [0.4, 0.5) is 0 Å². The fourth-order valence-corrected chi connectivity index (χ4v) is 4.73. The van der Waals surface area contributed by atoms with Crippen LogP contribution in [0.2, 0.25) is 5.02 Å². The number of nitrogens with zero attached hydrogens (tertiary/aromatic N) is 1. The molecule has 21 heavy (non-hydrogen) atoms. The van der Waals surface area contributed by atoms with Crippen LogP contribution in [0, 0.1) is 12.8 Å². The highest BCUT2D eigenvalue weighted by molar-refractivity contribution is 7.89. The van der Waals surface area contributed by atoms with Crippen LogP contribution < -0.4 is 5.32 Å². The Labute approximate surface area is 138 Å². The first-order valence-corrected chi connectivity index (χ1v) is 8.68. The van der Waals surface area contributed by atoms with Crippen LogP contribution >= 0.6 is 24.0 Å². The second-order valence-corrected chi connectivity index (χ2v) is 7.68. The quantitative estimate of drug-likeness (QED) is 0.906. The fraction of sp³-hybridized carbons (Fsp3) is 0.571. The fourth-order valence-electron chi connectivity index (χ4n) is 2.74. The van der Waals surface area contributed by atoms with Gasteiger partial charge in [-0.25, -0.2) is 8.42 Å². The Balaban J connectivity index is 0.00000220. The molecule has 1 atom stereocenters. The van der Waals surface area contributed by atoms with Crippen molar-refractivity contribution in [1.82, 2.24) is 9.62 Å². The van der Waals surface area contributed by atoms with E-state index in [2.05, 4.69) is 5.32 Å². The Morgan fingerprint density at radius 1 is 1.43 bits per heavy atom. The van der Waals surface area contributed by atoms with Gasteiger partial charge in [0, 0.05) is 18.1 Å². The topological polar surface area (TPSA) is 49.4 Å². The molecule has 0 spiro atoms. The maximum Gasteiger partial charge on any atom is 0.243 e. The van der Waals surface area contributed by atoms with Gasteiger partial charge in [0.15, 0.2) is 0 Å². The summed E-state index contributed by atoms with van der Waals surface area (Å²) in [6, 6.07) is 4.94. The van der Waals surface area contributed by atoms with Crippen LogP contribution in [0.15, 0.2) is 23.1 Å². The van der Waals surface area contributed by atoms with Gasteiger partial charge in [0.25, 0.3) is 0 Å². The normalized spacial score (nSPS) is 20.0. The summed E-state index contributed by atoms with van der Waals surface area (Å²) in [5, 5.41) is 3.69. The molecule has 1 aromatic carbocycles. The lowest BCUT2D eigenvalue weighted by Crippen LogP contribution is -2.42. The summed E-state index contributed by atoms with van der Waals surface area (Å²) < 4.78 is 27.1. The molecule has 1 N–H and O–H groups in total. The average molecular weight is 353 g/mol. The minimum absolute atomic E-state index is 0. The van der Waals surface area contributed by atoms with E-state index in [4.69, 9.17) is 11.6 Å². The molecule has 2 rings (SSSR count). The zero-order chi connectivity index (χ0) is 14.8. The molecule has 0 saturated carbocycles. The van der Waals surface area contributed by atoms with Crippen LogP contribution in [0.25, 0.3) is 0 Å². The predicted molar refractivity (Wildman–Crippen MR) is 88.8 cm³/mol. The van der Waals surface area contributed by atoms with E-state index in [1.54, 1.807) is 29.4 Å². The summed E-state index contributed by atoms with van der Waals surface area (Å²) in [5.74, 6) is 0.385. The molecular formula is C14H22Cl2N2O2S. The lowest BCUT2D eigenvalue weighted by molar-refractivity contribution is 0.263. The molecule has 1 unspecified atom stereocenters. The SMILES string of the molecule is CNCC1CCCN(S(=O)(=O)c2ccc(Cl)cc2C)C1.Cl. The summed E-state index contributed by atoms with van der Waals surface area (Å²) in [7, 11) is -1.51. The van der Waals surface area contributed by atoms with Gasteiger partial charge in [-0.2, -0.15) is 4.31 Å². The van der Waals surface area contributed by atoms with Gasteiger partial charge in [0.05, 0.1) is 4.90 Å². The van der Waals surface area contributed by atoms with Crippen molar-refractivity contribution < 1.29 is 8.42 Å². The molecule has 7 heteroatoms. The number of hydrogen-bond donors (Lipinski definition) is 1. The zero-order valence-corrected chi connectivity index (χ0v) is 14.7. The summed E-state index contributed by atoms with van der Waals surface area (Å²) in [6.07, 6.45) is 1.99. The molecule has 1 fully saturated rings. The van der Waals surface area contributed by atoms with E-state index in [9.17, 15) is 8.42 Å². The van der Waals surface area contributed by atoms with Crippen molar-refractivity contribution >= 4 is 34.0 Å². The molecule has 1 aliphatic rings. The van der Waals surface area contributed by atoms with Gasteiger partial charge in [-0.15, -0.1) is 12.4 Å². The van der Waals surface area contributed by atoms with Crippen molar-refractivity contribution in [3.63, 3.8) is 0 Å². The van der Waals surface area contributed by atoms with E-state index >= 15 is 0 Å². The molecule has 1 saturated heterocycles. The lowest BCUT2D eigenvalue weighted by atomic mass is 10.00. The van der Waals surface area contributed by atoms with Crippen molar-refractivity contribution in [2.24, 2.45) is 5.92 Å². The number of aryl methyl sites for hydroxylation is 1. The van der Waals surface area contributed by atoms with E-state index in [0.29, 0.717) is 34.5 Å². The lowest BCUT2D eigenvalue weighted by Gasteiger charge is -2.32. The second-order valence-electron chi connectivity index (χ2n) is 5.34. The van der Waals surface area contributed by atoms with Crippen molar-refractivity contribution in [2.45, 2.75) is 24.7 Å². The smallest absolute Gasteiger partial charge is 0.243 e. The van der Waals surface area contributed by atoms with E-state index in [0.717, 1.165) is 19.4 Å². The Morgan fingerprint density at radius 2 is 2.14 bits per heavy atom. The molecule has 0 aliphatic carbocycles. The van der Waals surface area contributed by atoms with E-state index in [-0.39, 0.29) is 12.4 Å². The third-order valence-corrected chi connectivity index (χ3v) is 5.99. The molecular weight excluding hydrogens is 331 g/mol. The monoisotopic (exact) mass is 352 g/mol. The van der Waals surface area contributed by atoms with Crippen LogP contribution in [0.3, 0.4) is 0 Å². The number of benzene rings is 1. The van der Waals surface area contributed by atoms with Crippen molar-refractivity contribution in [2.75, 3.05) is 26.7 Å². The molecule has 0 radical (unpaired) electrons. The Bertz CT molecular complexity index is 576. The van der Waals surface area contributed by atoms with Crippen LogP contribution in [-0.4, -0.2) is 39.4 Å². The third kappa shape index (κ3) is 4.33. The molecule has 1 aromatic rings. The summed E-state index contributed by atoms with van der Waals surface area (Å²) >= 11 is 5.90. The standard InChI is InChI=1S/C14H21ClN2O2S.ClH/c1-11-8-13(15)5-6-14(11)20(18,19)17-7-3-4-12(10-17)9-16-2;/h5-6,8,12,16H,3-4,7,9-10H2,1-2H3;1H. The number of rotatable bonds is 4. The number of piperidine rings is 1. The first-order valence-electron chi connectivity index (χ1n) is 6.86. The highest BCUT2D eigenvalue weighted by Gasteiger charge is 2.30. The number of halogens is 2. The molecule has 0 aromatic heterocycles. The van der Waals surface area contributed by atoms with Gasteiger partial charge < -0.3 is 5.32 Å². The number of hydrogen-bond acceptors (Lipinski definition) is 3. The van der Waals surface area contributed by atoms with Crippen LogP contribution in [0.1, 0.15) is 18.4 Å². The molecule has 1 heterocycles. The highest BCUT2D eigenvalue weighted by Crippen LogP contribution is 2.26. The van der Waals surface area contributed by atoms with Gasteiger partial charge in [-0.1, -0.05) is 11.6 Å². The first-order chi connectivity index (χ1) is 9.45. The Hall–Kier alpha value is -0.330. The highest BCUT2D eigenvalue weighted by atomic mass is 35.5. The minimum Gasteiger partial charge on any atom is -0.319 e. The van der Waals surface area contributed by atoms with Gasteiger partial charge >= 0.3 is 0 Å². The maximum atomic E-state index is 12.7. The Morgan fingerprint density at radius 3 is 2.76 bits per heavy atom. The second kappa shape index (κ2) is 7.79. The van der Waals surface area contributed by atoms with Gasteiger partial charge in [0.1, 0.15) is 0 Å². The van der Waals surface area contributed by atoms with E-state index < -0.39 is 10.0 Å². The Kier molecular flexibility index (Phi) is 6.94. The van der Waals surface area contributed by atoms with Crippen LogP contribution in [0.5, 0.6) is 0 Å². The minimum atomic E-state index is -3.41. The summed E-state index contributed by atoms with van der Waals surface area (Å²) in [4.78, 5) is 0.368. The van der Waals surface area contributed by atoms with Crippen molar-refractivity contribution in [1.29, 1.82) is 0 Å². The summed E-state index contributed by atoms with van der Waals surface area (Å²) in [6.45, 7) is 3.83. The van der Waals surface area contributed by atoms with Gasteiger partial charge in [-0.05, 0) is 63.0 Å². The number of sulfonamides is 1. The average Bonchev–Trinajstić information content (AvgIpc) is 2.39. The maximum absolute atomic E-state index is 12.7. The number of nitrogens with one attached hydrogen (secondary N) is 1. The third-order valence-electron chi connectivity index (χ3n) is 3.73. The zero-order valence-electron chi connectivity index (χ0n) is 12.3. The van der Waals surface area contributed by atoms with E-state index in [1.165, 1.54) is 0 Å². The summed E-state index contributed by atoms with van der Waals surface area (Å²) in [5.41, 5.74) is 0.702. The molecule has 0 amide bonds. The predicted octanol–water partition coefficient (Wildman–Crippen LogP) is 2.69. The van der Waals surface area contributed by atoms with Crippen molar-refractivity contribution in [3.05, 3.63) is 28.8 Å². The van der Waals surface area contributed by atoms with Crippen molar-refractivity contribution in [3.8, 4) is 0 Å². The van der Waals surface area contributed by atoms with Gasteiger partial charge in [0.2, 0.25) is 10.0 Å².